The Morgan fingerprint density at radius 3 is 2.31 bits per heavy atom. The van der Waals surface area contributed by atoms with Gasteiger partial charge in [0.05, 0.1) is 24.9 Å². The normalized spacial score (nSPS) is 14.2. The molecule has 0 atom stereocenters. The molecule has 178 valence electrons. The summed E-state index contributed by atoms with van der Waals surface area (Å²) in [5, 5.41) is 9.17. The molecule has 0 saturated heterocycles. The quantitative estimate of drug-likeness (QED) is 0.324. The molecule has 1 aliphatic heterocycles. The second kappa shape index (κ2) is 9.80. The van der Waals surface area contributed by atoms with Gasteiger partial charge < -0.3 is 19.2 Å². The number of carbonyl (C=O) groups is 2. The smallest absolute Gasteiger partial charge is 0.335 e. The van der Waals surface area contributed by atoms with E-state index in [0.717, 1.165) is 28.1 Å². The van der Waals surface area contributed by atoms with Crippen molar-refractivity contribution in [2.45, 2.75) is 6.54 Å². The summed E-state index contributed by atoms with van der Waals surface area (Å²) in [6, 6.07) is 27.5. The number of ether oxygens (including phenoxy) is 1. The maximum absolute atomic E-state index is 13.5. The number of rotatable bonds is 7. The van der Waals surface area contributed by atoms with Crippen molar-refractivity contribution in [1.29, 1.82) is 0 Å². The standard InChI is InChI=1S/C30H23NO5/c1-35-25-13-11-22(12-14-25)28-16-15-26(36-28)17-24-18-27(21-5-3-2-4-6-21)31(29(24)32)19-20-7-9-23(10-8-20)30(33)34/h2-18H,19H2,1H3,(H,33,34)/b24-17+. The van der Waals surface area contributed by atoms with Gasteiger partial charge in [0, 0.05) is 11.1 Å². The Bertz CT molecular complexity index is 1460. The third-order valence-corrected chi connectivity index (χ3v) is 5.99. The third-order valence-electron chi connectivity index (χ3n) is 5.99. The Morgan fingerprint density at radius 2 is 1.64 bits per heavy atom. The van der Waals surface area contributed by atoms with Gasteiger partial charge in [-0.2, -0.15) is 0 Å². The number of methoxy groups -OCH3 is 1. The summed E-state index contributed by atoms with van der Waals surface area (Å²) < 4.78 is 11.2. The van der Waals surface area contributed by atoms with Crippen LogP contribution < -0.4 is 4.74 Å². The fraction of sp³-hybridized carbons (Fsp3) is 0.0667. The molecule has 0 aliphatic carbocycles. The Balaban J connectivity index is 1.45. The van der Waals surface area contributed by atoms with E-state index in [1.807, 2.05) is 72.8 Å². The summed E-state index contributed by atoms with van der Waals surface area (Å²) in [5.41, 5.74) is 4.13. The Hall–Kier alpha value is -4.84. The first-order valence-electron chi connectivity index (χ1n) is 11.4. The van der Waals surface area contributed by atoms with Crippen LogP contribution in [-0.4, -0.2) is 29.0 Å². The largest absolute Gasteiger partial charge is 0.497 e. The van der Waals surface area contributed by atoms with Crippen molar-refractivity contribution < 1.29 is 23.8 Å². The molecule has 4 aromatic rings. The zero-order chi connectivity index (χ0) is 25.1. The van der Waals surface area contributed by atoms with Crippen LogP contribution in [0.3, 0.4) is 0 Å². The minimum absolute atomic E-state index is 0.154. The number of hydrogen-bond acceptors (Lipinski definition) is 4. The van der Waals surface area contributed by atoms with Gasteiger partial charge in [-0.15, -0.1) is 0 Å². The highest BCUT2D eigenvalue weighted by atomic mass is 16.5. The Morgan fingerprint density at radius 1 is 0.917 bits per heavy atom. The molecule has 0 saturated carbocycles. The van der Waals surface area contributed by atoms with Crippen LogP contribution in [0.15, 0.2) is 107 Å². The molecule has 0 fully saturated rings. The fourth-order valence-corrected chi connectivity index (χ4v) is 4.09. The summed E-state index contributed by atoms with van der Waals surface area (Å²) in [4.78, 5) is 26.4. The van der Waals surface area contributed by atoms with Crippen molar-refractivity contribution in [3.8, 4) is 17.1 Å². The monoisotopic (exact) mass is 477 g/mol. The topological polar surface area (TPSA) is 80.0 Å². The van der Waals surface area contributed by atoms with E-state index in [1.165, 1.54) is 0 Å². The number of carboxylic acids is 1. The number of furan rings is 1. The second-order valence-corrected chi connectivity index (χ2v) is 8.32. The number of aromatic carboxylic acids is 1. The van der Waals surface area contributed by atoms with E-state index in [-0.39, 0.29) is 11.5 Å². The van der Waals surface area contributed by atoms with Crippen LogP contribution in [0, 0.1) is 0 Å². The van der Waals surface area contributed by atoms with Crippen molar-refractivity contribution in [2.75, 3.05) is 7.11 Å². The van der Waals surface area contributed by atoms with E-state index in [1.54, 1.807) is 42.4 Å². The molecule has 0 unspecified atom stereocenters. The van der Waals surface area contributed by atoms with Crippen molar-refractivity contribution in [3.63, 3.8) is 0 Å². The molecule has 6 heteroatoms. The van der Waals surface area contributed by atoms with Crippen molar-refractivity contribution >= 4 is 23.6 Å². The van der Waals surface area contributed by atoms with Gasteiger partial charge in [-0.05, 0) is 71.8 Å². The van der Waals surface area contributed by atoms with E-state index in [2.05, 4.69) is 0 Å². The molecule has 0 spiro atoms. The highest BCUT2D eigenvalue weighted by molar-refractivity contribution is 6.10. The van der Waals surface area contributed by atoms with Crippen LogP contribution in [0.25, 0.3) is 23.1 Å². The first-order chi connectivity index (χ1) is 17.5. The van der Waals surface area contributed by atoms with Gasteiger partial charge in [-0.1, -0.05) is 42.5 Å². The van der Waals surface area contributed by atoms with Crippen molar-refractivity contribution in [3.05, 3.63) is 125 Å². The van der Waals surface area contributed by atoms with E-state index in [0.29, 0.717) is 23.6 Å². The second-order valence-electron chi connectivity index (χ2n) is 8.32. The van der Waals surface area contributed by atoms with Crippen LogP contribution >= 0.6 is 0 Å². The summed E-state index contributed by atoms with van der Waals surface area (Å²) in [6.07, 6.45) is 3.60. The average molecular weight is 478 g/mol. The van der Waals surface area contributed by atoms with Gasteiger partial charge in [0.1, 0.15) is 17.3 Å². The lowest BCUT2D eigenvalue weighted by Crippen LogP contribution is -2.25. The number of nitrogens with zero attached hydrogens (tertiary/aromatic N) is 1. The zero-order valence-corrected chi connectivity index (χ0v) is 19.5. The van der Waals surface area contributed by atoms with Crippen molar-refractivity contribution in [2.24, 2.45) is 0 Å². The molecule has 3 aromatic carbocycles. The molecule has 0 bridgehead atoms. The average Bonchev–Trinajstić information content (AvgIpc) is 3.50. The van der Waals surface area contributed by atoms with Gasteiger partial charge in [0.15, 0.2) is 0 Å². The minimum Gasteiger partial charge on any atom is -0.497 e. The predicted octanol–water partition coefficient (Wildman–Crippen LogP) is 6.12. The first-order valence-corrected chi connectivity index (χ1v) is 11.4. The molecule has 6 nitrogen and oxygen atoms in total. The fourth-order valence-electron chi connectivity index (χ4n) is 4.09. The summed E-state index contributed by atoms with van der Waals surface area (Å²) in [6.45, 7) is 0.312. The Labute approximate surface area is 208 Å². The Kier molecular flexibility index (Phi) is 6.24. The molecule has 1 N–H and O–H groups in total. The first kappa shape index (κ1) is 22.9. The number of amides is 1. The van der Waals surface area contributed by atoms with Gasteiger partial charge in [-0.3, -0.25) is 4.79 Å². The lowest BCUT2D eigenvalue weighted by atomic mass is 10.1. The van der Waals surface area contributed by atoms with Crippen molar-refractivity contribution in [1.82, 2.24) is 4.90 Å². The molecule has 36 heavy (non-hydrogen) atoms. The predicted molar refractivity (Wildman–Crippen MR) is 137 cm³/mol. The number of carbonyl (C=O) groups excluding carboxylic acids is 1. The summed E-state index contributed by atoms with van der Waals surface area (Å²) >= 11 is 0. The van der Waals surface area contributed by atoms with Crippen LogP contribution in [0.1, 0.15) is 27.2 Å². The maximum Gasteiger partial charge on any atom is 0.335 e. The van der Waals surface area contributed by atoms with Crippen LogP contribution in [0.4, 0.5) is 0 Å². The molecule has 5 rings (SSSR count). The lowest BCUT2D eigenvalue weighted by molar-refractivity contribution is -0.123. The molecular weight excluding hydrogens is 454 g/mol. The van der Waals surface area contributed by atoms with Gasteiger partial charge in [-0.25, -0.2) is 4.79 Å². The third kappa shape index (κ3) is 4.70. The van der Waals surface area contributed by atoms with Crippen LogP contribution in [-0.2, 0) is 11.3 Å². The van der Waals surface area contributed by atoms with Gasteiger partial charge in [0.2, 0.25) is 0 Å². The van der Waals surface area contributed by atoms with Gasteiger partial charge in [0.25, 0.3) is 5.91 Å². The summed E-state index contributed by atoms with van der Waals surface area (Å²) in [7, 11) is 1.62. The SMILES string of the molecule is COc1ccc(-c2ccc(/C=C3\C=C(c4ccccc4)N(Cc4ccc(C(=O)O)cc4)C3=O)o2)cc1. The van der Waals surface area contributed by atoms with E-state index < -0.39 is 5.97 Å². The summed E-state index contributed by atoms with van der Waals surface area (Å²) in [5.74, 6) is 0.887. The van der Waals surface area contributed by atoms with Crippen LogP contribution in [0.2, 0.25) is 0 Å². The molecule has 1 amide bonds. The van der Waals surface area contributed by atoms with E-state index in [9.17, 15) is 14.7 Å². The minimum atomic E-state index is -0.985. The maximum atomic E-state index is 13.5. The molecule has 2 heterocycles. The lowest BCUT2D eigenvalue weighted by Gasteiger charge is -2.21. The van der Waals surface area contributed by atoms with E-state index in [4.69, 9.17) is 9.15 Å². The molecule has 0 radical (unpaired) electrons. The molecule has 1 aliphatic rings. The zero-order valence-electron chi connectivity index (χ0n) is 19.5. The van der Waals surface area contributed by atoms with E-state index >= 15 is 0 Å². The van der Waals surface area contributed by atoms with Gasteiger partial charge >= 0.3 is 5.97 Å². The number of benzene rings is 3. The molecular formula is C30H23NO5. The molecule has 1 aromatic heterocycles. The highest BCUT2D eigenvalue weighted by Gasteiger charge is 2.29. The number of hydrogen-bond donors (Lipinski definition) is 1. The highest BCUT2D eigenvalue weighted by Crippen LogP contribution is 2.33. The van der Waals surface area contributed by atoms with Crippen LogP contribution in [0.5, 0.6) is 5.75 Å². The number of carboxylic acid groups (broad SMARTS) is 1.